The first-order valence-electron chi connectivity index (χ1n) is 7.88. The summed E-state index contributed by atoms with van der Waals surface area (Å²) >= 11 is 0. The first-order valence-corrected chi connectivity index (χ1v) is 7.88. The van der Waals surface area contributed by atoms with E-state index in [9.17, 15) is 0 Å². The lowest BCUT2D eigenvalue weighted by Crippen LogP contribution is -2.15. The lowest BCUT2D eigenvalue weighted by atomic mass is 9.96. The normalized spacial score (nSPS) is 12.5. The van der Waals surface area contributed by atoms with Crippen molar-refractivity contribution in [1.82, 2.24) is 4.98 Å². The van der Waals surface area contributed by atoms with Crippen molar-refractivity contribution in [2.75, 3.05) is 6.54 Å². The molecule has 112 valence electrons. The van der Waals surface area contributed by atoms with E-state index in [1.54, 1.807) is 0 Å². The van der Waals surface area contributed by atoms with Crippen molar-refractivity contribution in [3.05, 3.63) is 77.5 Å². The van der Waals surface area contributed by atoms with Crippen LogP contribution in [0.2, 0.25) is 0 Å². The average Bonchev–Trinajstić information content (AvgIpc) is 2.56. The summed E-state index contributed by atoms with van der Waals surface area (Å²) in [6.45, 7) is 2.88. The number of benzene rings is 2. The van der Waals surface area contributed by atoms with Crippen LogP contribution in [0.4, 0.5) is 0 Å². The van der Waals surface area contributed by atoms with Gasteiger partial charge in [-0.3, -0.25) is 4.98 Å². The largest absolute Gasteiger partial charge is 0.330 e. The van der Waals surface area contributed by atoms with Crippen LogP contribution < -0.4 is 5.73 Å². The molecule has 0 amide bonds. The fourth-order valence-electron chi connectivity index (χ4n) is 2.76. The second-order valence-electron chi connectivity index (χ2n) is 5.99. The van der Waals surface area contributed by atoms with Gasteiger partial charge in [0.2, 0.25) is 0 Å². The molecule has 2 N–H and O–H groups in total. The second kappa shape index (κ2) is 6.71. The Labute approximate surface area is 132 Å². The van der Waals surface area contributed by atoms with Gasteiger partial charge in [-0.1, -0.05) is 55.5 Å². The highest BCUT2D eigenvalue weighted by Gasteiger charge is 2.11. The summed E-state index contributed by atoms with van der Waals surface area (Å²) in [6, 6.07) is 21.2. The highest BCUT2D eigenvalue weighted by molar-refractivity contribution is 5.79. The number of para-hydroxylation sites is 1. The molecule has 2 heteroatoms. The summed E-state index contributed by atoms with van der Waals surface area (Å²) < 4.78 is 0. The highest BCUT2D eigenvalue weighted by atomic mass is 14.7. The van der Waals surface area contributed by atoms with Crippen LogP contribution in [-0.4, -0.2) is 11.5 Å². The van der Waals surface area contributed by atoms with Crippen LogP contribution >= 0.6 is 0 Å². The van der Waals surface area contributed by atoms with E-state index in [4.69, 9.17) is 10.7 Å². The summed E-state index contributed by atoms with van der Waals surface area (Å²) in [5, 5.41) is 1.21. The number of aromatic nitrogens is 1. The first kappa shape index (κ1) is 14.7. The Morgan fingerprint density at radius 2 is 1.73 bits per heavy atom. The van der Waals surface area contributed by atoms with Gasteiger partial charge in [0.25, 0.3) is 0 Å². The molecule has 0 aliphatic heterocycles. The van der Waals surface area contributed by atoms with Gasteiger partial charge in [-0.05, 0) is 48.6 Å². The van der Waals surface area contributed by atoms with Gasteiger partial charge in [-0.25, -0.2) is 0 Å². The third-order valence-electron chi connectivity index (χ3n) is 4.07. The minimum absolute atomic E-state index is 0.447. The molecule has 1 unspecified atom stereocenters. The summed E-state index contributed by atoms with van der Waals surface area (Å²) in [5.41, 5.74) is 10.7. The zero-order valence-electron chi connectivity index (χ0n) is 13.0. The fraction of sp³-hybridized carbons (Fsp3) is 0.250. The molecular formula is C20H22N2. The third kappa shape index (κ3) is 3.34. The van der Waals surface area contributed by atoms with Gasteiger partial charge in [-0.15, -0.1) is 0 Å². The maximum atomic E-state index is 5.81. The fourth-order valence-corrected chi connectivity index (χ4v) is 2.76. The average molecular weight is 290 g/mol. The SMILES string of the molecule is CC(CN)Cc1nc2ccccc2cc1Cc1ccccc1. The smallest absolute Gasteiger partial charge is 0.0705 e. The quantitative estimate of drug-likeness (QED) is 0.772. The predicted molar refractivity (Wildman–Crippen MR) is 92.9 cm³/mol. The number of nitrogens with two attached hydrogens (primary N) is 1. The van der Waals surface area contributed by atoms with E-state index >= 15 is 0 Å². The van der Waals surface area contributed by atoms with Crippen LogP contribution in [0.15, 0.2) is 60.7 Å². The lowest BCUT2D eigenvalue weighted by Gasteiger charge is -2.14. The Balaban J connectivity index is 2.02. The van der Waals surface area contributed by atoms with E-state index in [1.165, 1.54) is 22.2 Å². The monoisotopic (exact) mass is 290 g/mol. The molecule has 22 heavy (non-hydrogen) atoms. The number of pyridine rings is 1. The lowest BCUT2D eigenvalue weighted by molar-refractivity contribution is 0.582. The molecule has 2 aromatic carbocycles. The molecule has 0 saturated carbocycles. The Morgan fingerprint density at radius 1 is 1.00 bits per heavy atom. The van der Waals surface area contributed by atoms with Gasteiger partial charge in [0.1, 0.15) is 0 Å². The minimum atomic E-state index is 0.447. The van der Waals surface area contributed by atoms with Crippen LogP contribution in [0.3, 0.4) is 0 Å². The highest BCUT2D eigenvalue weighted by Crippen LogP contribution is 2.21. The maximum absolute atomic E-state index is 5.81. The first-order chi connectivity index (χ1) is 10.8. The molecule has 0 fully saturated rings. The van der Waals surface area contributed by atoms with Gasteiger partial charge in [0, 0.05) is 11.1 Å². The van der Waals surface area contributed by atoms with E-state index in [-0.39, 0.29) is 0 Å². The van der Waals surface area contributed by atoms with E-state index in [1.807, 2.05) is 6.07 Å². The molecule has 3 aromatic rings. The Hall–Kier alpha value is -2.19. The van der Waals surface area contributed by atoms with Crippen LogP contribution in [0.1, 0.15) is 23.7 Å². The number of fused-ring (bicyclic) bond motifs is 1. The molecule has 0 radical (unpaired) electrons. The van der Waals surface area contributed by atoms with Gasteiger partial charge in [0.15, 0.2) is 0 Å². The van der Waals surface area contributed by atoms with Gasteiger partial charge in [-0.2, -0.15) is 0 Å². The molecule has 0 spiro atoms. The number of rotatable bonds is 5. The van der Waals surface area contributed by atoms with Crippen molar-refractivity contribution >= 4 is 10.9 Å². The van der Waals surface area contributed by atoms with Crippen LogP contribution in [-0.2, 0) is 12.8 Å². The molecule has 1 atom stereocenters. The third-order valence-corrected chi connectivity index (χ3v) is 4.07. The number of nitrogens with zero attached hydrogens (tertiary/aromatic N) is 1. The minimum Gasteiger partial charge on any atom is -0.330 e. The summed E-state index contributed by atoms with van der Waals surface area (Å²) in [5.74, 6) is 0.447. The molecule has 0 saturated heterocycles. The molecular weight excluding hydrogens is 268 g/mol. The van der Waals surface area contributed by atoms with Crippen molar-refractivity contribution < 1.29 is 0 Å². The van der Waals surface area contributed by atoms with Gasteiger partial charge >= 0.3 is 0 Å². The van der Waals surface area contributed by atoms with E-state index in [0.717, 1.165) is 18.4 Å². The Kier molecular flexibility index (Phi) is 4.50. The van der Waals surface area contributed by atoms with Crippen molar-refractivity contribution in [2.45, 2.75) is 19.8 Å². The molecule has 1 aromatic heterocycles. The van der Waals surface area contributed by atoms with Crippen molar-refractivity contribution in [3.8, 4) is 0 Å². The van der Waals surface area contributed by atoms with E-state index in [0.29, 0.717) is 12.5 Å². The zero-order valence-corrected chi connectivity index (χ0v) is 13.0. The van der Waals surface area contributed by atoms with Crippen LogP contribution in [0, 0.1) is 5.92 Å². The number of hydrogen-bond acceptors (Lipinski definition) is 2. The zero-order chi connectivity index (χ0) is 15.4. The maximum Gasteiger partial charge on any atom is 0.0705 e. The Bertz CT molecular complexity index is 750. The van der Waals surface area contributed by atoms with E-state index < -0.39 is 0 Å². The van der Waals surface area contributed by atoms with Crippen LogP contribution in [0.25, 0.3) is 10.9 Å². The van der Waals surface area contributed by atoms with E-state index in [2.05, 4.69) is 61.5 Å². The van der Waals surface area contributed by atoms with Crippen molar-refractivity contribution in [3.63, 3.8) is 0 Å². The predicted octanol–water partition coefficient (Wildman–Crippen LogP) is 3.96. The number of hydrogen-bond donors (Lipinski definition) is 1. The summed E-state index contributed by atoms with van der Waals surface area (Å²) in [7, 11) is 0. The Morgan fingerprint density at radius 3 is 2.50 bits per heavy atom. The molecule has 1 heterocycles. The summed E-state index contributed by atoms with van der Waals surface area (Å²) in [4.78, 5) is 4.90. The molecule has 0 aliphatic rings. The van der Waals surface area contributed by atoms with Crippen LogP contribution in [0.5, 0.6) is 0 Å². The molecule has 0 bridgehead atoms. The second-order valence-corrected chi connectivity index (χ2v) is 5.99. The topological polar surface area (TPSA) is 38.9 Å². The molecule has 0 aliphatic carbocycles. The summed E-state index contributed by atoms with van der Waals surface area (Å²) in [6.07, 6.45) is 1.86. The van der Waals surface area contributed by atoms with Gasteiger partial charge < -0.3 is 5.73 Å². The molecule has 2 nitrogen and oxygen atoms in total. The van der Waals surface area contributed by atoms with Gasteiger partial charge in [0.05, 0.1) is 5.52 Å². The standard InChI is InChI=1S/C20H22N2/c1-15(14-21)11-20-18(12-16-7-3-2-4-8-16)13-17-9-5-6-10-19(17)22-20/h2-10,13,15H,11-12,14,21H2,1H3. The molecule has 3 rings (SSSR count). The van der Waals surface area contributed by atoms with Crippen molar-refractivity contribution in [1.29, 1.82) is 0 Å². The van der Waals surface area contributed by atoms with Crippen molar-refractivity contribution in [2.24, 2.45) is 11.7 Å².